The first-order chi connectivity index (χ1) is 8.07. The van der Waals surface area contributed by atoms with Gasteiger partial charge in [-0.25, -0.2) is 0 Å². The van der Waals surface area contributed by atoms with Gasteiger partial charge in [0.05, 0.1) is 7.11 Å². The first kappa shape index (κ1) is 14.5. The van der Waals surface area contributed by atoms with E-state index in [1.54, 1.807) is 0 Å². The van der Waals surface area contributed by atoms with Crippen LogP contribution in [-0.4, -0.2) is 42.6 Å². The Bertz CT molecular complexity index is 252. The minimum atomic E-state index is -0.751. The second-order valence-electron chi connectivity index (χ2n) is 5.08. The van der Waals surface area contributed by atoms with Crippen LogP contribution in [-0.2, 0) is 9.53 Å². The van der Waals surface area contributed by atoms with Crippen molar-refractivity contribution in [3.63, 3.8) is 0 Å². The average molecular weight is 242 g/mol. The minimum Gasteiger partial charge on any atom is -0.468 e. The molecule has 2 N–H and O–H groups in total. The molecule has 2 unspecified atom stereocenters. The topological polar surface area (TPSA) is 55.6 Å². The van der Waals surface area contributed by atoms with Crippen molar-refractivity contribution in [1.29, 1.82) is 0 Å². The van der Waals surface area contributed by atoms with Gasteiger partial charge in [-0.2, -0.15) is 0 Å². The van der Waals surface area contributed by atoms with Crippen molar-refractivity contribution in [3.05, 3.63) is 0 Å². The van der Waals surface area contributed by atoms with Gasteiger partial charge >= 0.3 is 5.97 Å². The third-order valence-corrected chi connectivity index (χ3v) is 3.65. The summed E-state index contributed by atoms with van der Waals surface area (Å²) < 4.78 is 4.80. The number of methoxy groups -OCH3 is 1. The molecule has 0 amide bonds. The molecule has 1 rings (SSSR count). The summed E-state index contributed by atoms with van der Waals surface area (Å²) in [6.45, 7) is 6.56. The van der Waals surface area contributed by atoms with E-state index >= 15 is 0 Å². The summed E-state index contributed by atoms with van der Waals surface area (Å²) in [4.78, 5) is 14.1. The number of carbonyl (C=O) groups excluding carboxylic acids is 1. The lowest BCUT2D eigenvalue weighted by Crippen LogP contribution is -2.48. The standard InChI is InChI=1S/C13H26N2O2/c1-4-8-15(9-5-2)11-6-7-13(14,10-11)12(16)17-3/h11H,4-10,14H2,1-3H3. The van der Waals surface area contributed by atoms with Gasteiger partial charge in [0, 0.05) is 6.04 Å². The zero-order valence-electron chi connectivity index (χ0n) is 11.4. The highest BCUT2D eigenvalue weighted by molar-refractivity contribution is 5.81. The van der Waals surface area contributed by atoms with Gasteiger partial charge in [-0.15, -0.1) is 0 Å². The summed E-state index contributed by atoms with van der Waals surface area (Å²) in [5.74, 6) is -0.257. The molecule has 0 spiro atoms. The lowest BCUT2D eigenvalue weighted by molar-refractivity contribution is -0.147. The van der Waals surface area contributed by atoms with Gasteiger partial charge in [0.2, 0.25) is 0 Å². The van der Waals surface area contributed by atoms with Crippen LogP contribution < -0.4 is 5.73 Å². The molecule has 1 fully saturated rings. The minimum absolute atomic E-state index is 0.257. The number of esters is 1. The van der Waals surface area contributed by atoms with Gasteiger partial charge in [-0.3, -0.25) is 4.79 Å². The number of ether oxygens (including phenoxy) is 1. The van der Waals surface area contributed by atoms with E-state index in [4.69, 9.17) is 10.5 Å². The van der Waals surface area contributed by atoms with E-state index in [-0.39, 0.29) is 5.97 Å². The molecule has 1 aliphatic carbocycles. The van der Waals surface area contributed by atoms with Crippen LogP contribution in [0.25, 0.3) is 0 Å². The highest BCUT2D eigenvalue weighted by Gasteiger charge is 2.44. The molecule has 100 valence electrons. The van der Waals surface area contributed by atoms with Crippen molar-refractivity contribution in [2.75, 3.05) is 20.2 Å². The Labute approximate surface area is 104 Å². The van der Waals surface area contributed by atoms with Crippen molar-refractivity contribution < 1.29 is 9.53 Å². The van der Waals surface area contributed by atoms with Gasteiger partial charge in [-0.1, -0.05) is 13.8 Å². The molecule has 4 heteroatoms. The molecule has 0 bridgehead atoms. The summed E-state index contributed by atoms with van der Waals surface area (Å²) in [6.07, 6.45) is 4.78. The molecule has 2 atom stereocenters. The Morgan fingerprint density at radius 1 is 1.41 bits per heavy atom. The van der Waals surface area contributed by atoms with E-state index in [1.807, 2.05) is 0 Å². The van der Waals surface area contributed by atoms with Gasteiger partial charge in [0.25, 0.3) is 0 Å². The van der Waals surface area contributed by atoms with Crippen LogP contribution in [0, 0.1) is 0 Å². The van der Waals surface area contributed by atoms with Crippen LogP contribution in [0.1, 0.15) is 46.0 Å². The van der Waals surface area contributed by atoms with E-state index < -0.39 is 5.54 Å². The van der Waals surface area contributed by atoms with E-state index in [9.17, 15) is 4.79 Å². The third kappa shape index (κ3) is 3.42. The number of rotatable bonds is 6. The molecular formula is C13H26N2O2. The molecule has 1 aliphatic rings. The number of carbonyl (C=O) groups is 1. The van der Waals surface area contributed by atoms with Crippen molar-refractivity contribution >= 4 is 5.97 Å². The highest BCUT2D eigenvalue weighted by atomic mass is 16.5. The second-order valence-corrected chi connectivity index (χ2v) is 5.08. The maximum absolute atomic E-state index is 11.7. The SMILES string of the molecule is CCCN(CCC)C1CCC(N)(C(=O)OC)C1. The summed E-state index contributed by atoms with van der Waals surface area (Å²) in [7, 11) is 1.42. The maximum atomic E-state index is 11.7. The molecule has 0 saturated heterocycles. The van der Waals surface area contributed by atoms with E-state index in [0.717, 1.165) is 45.2 Å². The zero-order chi connectivity index (χ0) is 12.9. The monoisotopic (exact) mass is 242 g/mol. The van der Waals surface area contributed by atoms with Gasteiger partial charge in [0.1, 0.15) is 5.54 Å². The number of hydrogen-bond acceptors (Lipinski definition) is 4. The molecular weight excluding hydrogens is 216 g/mol. The Morgan fingerprint density at radius 2 is 2.00 bits per heavy atom. The highest BCUT2D eigenvalue weighted by Crippen LogP contribution is 2.32. The smallest absolute Gasteiger partial charge is 0.325 e. The molecule has 0 radical (unpaired) electrons. The van der Waals surface area contributed by atoms with Crippen molar-refractivity contribution in [1.82, 2.24) is 4.90 Å². The number of nitrogens with zero attached hydrogens (tertiary/aromatic N) is 1. The molecule has 0 aromatic carbocycles. The number of hydrogen-bond donors (Lipinski definition) is 1. The molecule has 0 aromatic rings. The van der Waals surface area contributed by atoms with Gasteiger partial charge < -0.3 is 15.4 Å². The Hall–Kier alpha value is -0.610. The van der Waals surface area contributed by atoms with Crippen LogP contribution >= 0.6 is 0 Å². The van der Waals surface area contributed by atoms with Crippen LogP contribution in [0.3, 0.4) is 0 Å². The lowest BCUT2D eigenvalue weighted by atomic mass is 9.99. The van der Waals surface area contributed by atoms with Crippen molar-refractivity contribution in [3.8, 4) is 0 Å². The van der Waals surface area contributed by atoms with Crippen LogP contribution in [0.5, 0.6) is 0 Å². The van der Waals surface area contributed by atoms with Gasteiger partial charge in [-0.05, 0) is 45.2 Å². The van der Waals surface area contributed by atoms with E-state index in [2.05, 4.69) is 18.7 Å². The molecule has 0 aliphatic heterocycles. The number of nitrogens with two attached hydrogens (primary N) is 1. The Kier molecular flexibility index (Phi) is 5.40. The fourth-order valence-electron chi connectivity index (χ4n) is 2.80. The Balaban J connectivity index is 2.60. The summed E-state index contributed by atoms with van der Waals surface area (Å²) in [6, 6.07) is 0.444. The predicted octanol–water partition coefficient (Wildman–Crippen LogP) is 1.53. The third-order valence-electron chi connectivity index (χ3n) is 3.65. The second kappa shape index (κ2) is 6.36. The average Bonchev–Trinajstić information content (AvgIpc) is 2.72. The molecule has 0 aromatic heterocycles. The molecule has 0 heterocycles. The normalized spacial score (nSPS) is 28.6. The predicted molar refractivity (Wildman–Crippen MR) is 68.7 cm³/mol. The summed E-state index contributed by atoms with van der Waals surface area (Å²) in [5, 5.41) is 0. The van der Waals surface area contributed by atoms with Crippen LogP contribution in [0.15, 0.2) is 0 Å². The maximum Gasteiger partial charge on any atom is 0.325 e. The van der Waals surface area contributed by atoms with Crippen LogP contribution in [0.4, 0.5) is 0 Å². The summed E-state index contributed by atoms with van der Waals surface area (Å²) in [5.41, 5.74) is 5.38. The van der Waals surface area contributed by atoms with Crippen molar-refractivity contribution in [2.45, 2.75) is 57.5 Å². The molecule has 1 saturated carbocycles. The largest absolute Gasteiger partial charge is 0.468 e. The quantitative estimate of drug-likeness (QED) is 0.718. The van der Waals surface area contributed by atoms with E-state index in [0.29, 0.717) is 6.04 Å². The fourth-order valence-corrected chi connectivity index (χ4v) is 2.80. The van der Waals surface area contributed by atoms with Crippen molar-refractivity contribution in [2.24, 2.45) is 5.73 Å². The summed E-state index contributed by atoms with van der Waals surface area (Å²) >= 11 is 0. The zero-order valence-corrected chi connectivity index (χ0v) is 11.4. The fraction of sp³-hybridized carbons (Fsp3) is 0.923. The van der Waals surface area contributed by atoms with Crippen LogP contribution in [0.2, 0.25) is 0 Å². The first-order valence-electron chi connectivity index (χ1n) is 6.68. The molecule has 17 heavy (non-hydrogen) atoms. The first-order valence-corrected chi connectivity index (χ1v) is 6.68. The Morgan fingerprint density at radius 3 is 2.47 bits per heavy atom. The lowest BCUT2D eigenvalue weighted by Gasteiger charge is -2.29. The van der Waals surface area contributed by atoms with Gasteiger partial charge in [0.15, 0.2) is 0 Å². The molecule has 4 nitrogen and oxygen atoms in total. The van der Waals surface area contributed by atoms with E-state index in [1.165, 1.54) is 7.11 Å².